The van der Waals surface area contributed by atoms with E-state index in [9.17, 15) is 9.90 Å². The third-order valence-corrected chi connectivity index (χ3v) is 6.15. The van der Waals surface area contributed by atoms with Crippen molar-refractivity contribution >= 4 is 5.97 Å². The third-order valence-electron chi connectivity index (χ3n) is 6.15. The fraction of sp³-hybridized carbons (Fsp3) is 0.962. The van der Waals surface area contributed by atoms with E-state index >= 15 is 0 Å². The number of rotatable bonds is 23. The number of nitrogens with zero attached hydrogens (tertiary/aromatic N) is 1. The molecule has 0 amide bonds. The van der Waals surface area contributed by atoms with Crippen molar-refractivity contribution in [3.63, 3.8) is 0 Å². The Hall–Kier alpha value is -0.570. The Morgan fingerprint density at radius 1 is 0.586 bits per heavy atom. The van der Waals surface area contributed by atoms with E-state index in [2.05, 4.69) is 25.7 Å². The molecule has 3 heteroatoms. The predicted molar refractivity (Wildman–Crippen MR) is 128 cm³/mol. The van der Waals surface area contributed by atoms with Crippen LogP contribution in [0.3, 0.4) is 0 Å². The first kappa shape index (κ1) is 28.4. The fourth-order valence-corrected chi connectivity index (χ4v) is 4.18. The smallest absolute Gasteiger partial charge is 0.320 e. The Morgan fingerprint density at radius 2 is 0.931 bits per heavy atom. The summed E-state index contributed by atoms with van der Waals surface area (Å²) >= 11 is 0. The molecule has 0 aromatic carbocycles. The summed E-state index contributed by atoms with van der Waals surface area (Å²) in [5.74, 6) is -0.613. The Bertz CT molecular complexity index is 326. The second kappa shape index (κ2) is 22.1. The van der Waals surface area contributed by atoms with Crippen molar-refractivity contribution in [2.75, 3.05) is 13.1 Å². The minimum absolute atomic E-state index is 0.274. The van der Waals surface area contributed by atoms with Gasteiger partial charge in [0.25, 0.3) is 0 Å². The van der Waals surface area contributed by atoms with E-state index in [-0.39, 0.29) is 6.04 Å². The Labute approximate surface area is 183 Å². The molecule has 0 aliphatic rings. The highest BCUT2D eigenvalue weighted by Gasteiger charge is 2.24. The van der Waals surface area contributed by atoms with Crippen LogP contribution in [0.15, 0.2) is 0 Å². The summed E-state index contributed by atoms with van der Waals surface area (Å²) in [4.78, 5) is 14.2. The van der Waals surface area contributed by atoms with Gasteiger partial charge >= 0.3 is 5.97 Å². The number of carboxylic acids is 1. The number of hydrogen-bond donors (Lipinski definition) is 1. The molecule has 0 aliphatic heterocycles. The molecular formula is C26H53NO2. The molecule has 0 saturated carbocycles. The molecule has 1 unspecified atom stereocenters. The molecule has 0 heterocycles. The molecule has 0 rings (SSSR count). The van der Waals surface area contributed by atoms with Crippen molar-refractivity contribution in [3.05, 3.63) is 0 Å². The fourth-order valence-electron chi connectivity index (χ4n) is 4.18. The molecule has 0 radical (unpaired) electrons. The quantitative estimate of drug-likeness (QED) is 0.172. The van der Waals surface area contributed by atoms with Crippen LogP contribution in [0.2, 0.25) is 0 Å². The lowest BCUT2D eigenvalue weighted by molar-refractivity contribution is -0.143. The zero-order chi connectivity index (χ0) is 21.6. The molecule has 0 fully saturated rings. The predicted octanol–water partition coefficient (Wildman–Crippen LogP) is 8.21. The van der Waals surface area contributed by atoms with Crippen LogP contribution in [-0.4, -0.2) is 35.1 Å². The van der Waals surface area contributed by atoms with E-state index in [0.717, 1.165) is 45.2 Å². The minimum Gasteiger partial charge on any atom is -0.480 e. The Balaban J connectivity index is 4.19. The van der Waals surface area contributed by atoms with Crippen LogP contribution in [0.5, 0.6) is 0 Å². The Morgan fingerprint density at radius 3 is 1.28 bits per heavy atom. The largest absolute Gasteiger partial charge is 0.480 e. The highest BCUT2D eigenvalue weighted by Crippen LogP contribution is 2.15. The van der Waals surface area contributed by atoms with Crippen molar-refractivity contribution in [1.82, 2.24) is 4.90 Å². The summed E-state index contributed by atoms with van der Waals surface area (Å²) in [6, 6.07) is -0.274. The lowest BCUT2D eigenvalue weighted by Gasteiger charge is -2.29. The zero-order valence-corrected chi connectivity index (χ0v) is 20.2. The van der Waals surface area contributed by atoms with Crippen molar-refractivity contribution < 1.29 is 9.90 Å². The van der Waals surface area contributed by atoms with Crippen molar-refractivity contribution in [2.45, 2.75) is 149 Å². The maximum atomic E-state index is 11.9. The van der Waals surface area contributed by atoms with Crippen LogP contribution in [0.4, 0.5) is 0 Å². The van der Waals surface area contributed by atoms with Crippen LogP contribution in [0.1, 0.15) is 143 Å². The first-order valence-corrected chi connectivity index (χ1v) is 13.1. The average Bonchev–Trinajstić information content (AvgIpc) is 2.71. The highest BCUT2D eigenvalue weighted by atomic mass is 16.4. The number of aliphatic carboxylic acids is 1. The van der Waals surface area contributed by atoms with Crippen LogP contribution in [0.25, 0.3) is 0 Å². The SMILES string of the molecule is CCCCCCCCCCN(CCCCCCCCCC)C(CCCC)C(=O)O. The van der Waals surface area contributed by atoms with Crippen molar-refractivity contribution in [1.29, 1.82) is 0 Å². The van der Waals surface area contributed by atoms with Gasteiger partial charge in [-0.2, -0.15) is 0 Å². The molecule has 1 N–H and O–H groups in total. The van der Waals surface area contributed by atoms with Crippen molar-refractivity contribution in [3.8, 4) is 0 Å². The van der Waals surface area contributed by atoms with Gasteiger partial charge in [0.05, 0.1) is 0 Å². The molecule has 29 heavy (non-hydrogen) atoms. The van der Waals surface area contributed by atoms with Gasteiger partial charge in [0.2, 0.25) is 0 Å². The maximum Gasteiger partial charge on any atom is 0.320 e. The van der Waals surface area contributed by atoms with Crippen LogP contribution < -0.4 is 0 Å². The normalized spacial score (nSPS) is 12.6. The molecule has 3 nitrogen and oxygen atoms in total. The third kappa shape index (κ3) is 18.0. The maximum absolute atomic E-state index is 11.9. The van der Waals surface area contributed by atoms with Gasteiger partial charge in [0.15, 0.2) is 0 Å². The Kier molecular flexibility index (Phi) is 21.7. The lowest BCUT2D eigenvalue weighted by atomic mass is 10.0. The van der Waals surface area contributed by atoms with E-state index in [1.165, 1.54) is 89.9 Å². The van der Waals surface area contributed by atoms with Gasteiger partial charge in [0.1, 0.15) is 6.04 Å². The van der Waals surface area contributed by atoms with Gasteiger partial charge in [-0.15, -0.1) is 0 Å². The van der Waals surface area contributed by atoms with Crippen molar-refractivity contribution in [2.24, 2.45) is 0 Å². The highest BCUT2D eigenvalue weighted by molar-refractivity contribution is 5.73. The van der Waals surface area contributed by atoms with E-state index in [0.29, 0.717) is 0 Å². The summed E-state index contributed by atoms with van der Waals surface area (Å²) in [5, 5.41) is 9.77. The topological polar surface area (TPSA) is 40.5 Å². The molecule has 0 aromatic heterocycles. The molecule has 0 aliphatic carbocycles. The van der Waals surface area contributed by atoms with Gasteiger partial charge in [-0.25, -0.2) is 0 Å². The number of unbranched alkanes of at least 4 members (excludes halogenated alkanes) is 15. The minimum atomic E-state index is -0.613. The van der Waals surface area contributed by atoms with E-state index in [1.54, 1.807) is 0 Å². The van der Waals surface area contributed by atoms with Gasteiger partial charge < -0.3 is 5.11 Å². The molecule has 0 aromatic rings. The standard InChI is InChI=1S/C26H53NO2/c1-4-7-10-12-14-16-18-20-23-27(25(26(28)29)22-9-6-3)24-21-19-17-15-13-11-8-5-2/h25H,4-24H2,1-3H3,(H,28,29). The average molecular weight is 412 g/mol. The first-order chi connectivity index (χ1) is 14.2. The molecule has 174 valence electrons. The van der Waals surface area contributed by atoms with E-state index in [1.807, 2.05) is 0 Å². The van der Waals surface area contributed by atoms with Crippen LogP contribution in [0, 0.1) is 0 Å². The van der Waals surface area contributed by atoms with Gasteiger partial charge in [-0.3, -0.25) is 9.69 Å². The number of carbonyl (C=O) groups is 1. The molecule has 0 spiro atoms. The molecular weight excluding hydrogens is 358 g/mol. The lowest BCUT2D eigenvalue weighted by Crippen LogP contribution is -2.42. The van der Waals surface area contributed by atoms with Gasteiger partial charge in [0, 0.05) is 0 Å². The summed E-state index contributed by atoms with van der Waals surface area (Å²) in [6.45, 7) is 8.61. The van der Waals surface area contributed by atoms with E-state index < -0.39 is 5.97 Å². The summed E-state index contributed by atoms with van der Waals surface area (Å²) < 4.78 is 0. The van der Waals surface area contributed by atoms with Gasteiger partial charge in [-0.05, 0) is 32.4 Å². The second-order valence-corrected chi connectivity index (χ2v) is 8.98. The number of carboxylic acid groups (broad SMARTS) is 1. The molecule has 0 bridgehead atoms. The van der Waals surface area contributed by atoms with E-state index in [4.69, 9.17) is 0 Å². The van der Waals surface area contributed by atoms with Gasteiger partial charge in [-0.1, -0.05) is 124 Å². The van der Waals surface area contributed by atoms with Crippen LogP contribution >= 0.6 is 0 Å². The second-order valence-electron chi connectivity index (χ2n) is 8.98. The zero-order valence-electron chi connectivity index (χ0n) is 20.2. The molecule has 0 saturated heterocycles. The summed E-state index contributed by atoms with van der Waals surface area (Å²) in [5.41, 5.74) is 0. The summed E-state index contributed by atoms with van der Waals surface area (Å²) in [7, 11) is 0. The first-order valence-electron chi connectivity index (χ1n) is 13.1. The summed E-state index contributed by atoms with van der Waals surface area (Å²) in [6.07, 6.45) is 23.8. The van der Waals surface area contributed by atoms with Crippen LogP contribution in [-0.2, 0) is 4.79 Å². The number of hydrogen-bond acceptors (Lipinski definition) is 2. The monoisotopic (exact) mass is 411 g/mol. The molecule has 1 atom stereocenters.